The molecule has 0 radical (unpaired) electrons. The Kier molecular flexibility index (Phi) is 4.07. The molecule has 2 aromatic rings. The van der Waals surface area contributed by atoms with Gasteiger partial charge in [-0.25, -0.2) is 0 Å². The molecule has 0 saturated carbocycles. The molecule has 18 heavy (non-hydrogen) atoms. The van der Waals surface area contributed by atoms with Gasteiger partial charge in [-0.2, -0.15) is 0 Å². The van der Waals surface area contributed by atoms with Gasteiger partial charge in [-0.05, 0) is 17.7 Å². The van der Waals surface area contributed by atoms with E-state index in [0.29, 0.717) is 0 Å². The van der Waals surface area contributed by atoms with Crippen molar-refractivity contribution in [3.8, 4) is 0 Å². The van der Waals surface area contributed by atoms with Gasteiger partial charge in [-0.3, -0.25) is 4.48 Å². The molecular weight excluding hydrogens is 333 g/mol. The van der Waals surface area contributed by atoms with E-state index in [1.165, 1.54) is 29.8 Å². The number of fused-ring (bicyclic) bond motifs is 1. The molecule has 0 aliphatic carbocycles. The Morgan fingerprint density at radius 3 is 2.17 bits per heavy atom. The van der Waals surface area contributed by atoms with Gasteiger partial charge in [0.15, 0.2) is 0 Å². The smallest absolute Gasteiger partial charge is 0.132 e. The number of benzene rings is 2. The van der Waals surface area contributed by atoms with Crippen molar-refractivity contribution in [3.05, 3.63) is 65.7 Å². The first-order chi connectivity index (χ1) is 8.28. The lowest BCUT2D eigenvalue weighted by Gasteiger charge is -2.38. The van der Waals surface area contributed by atoms with Gasteiger partial charge >= 0.3 is 0 Å². The lowest BCUT2D eigenvalue weighted by Crippen LogP contribution is -3.00. The quantitative estimate of drug-likeness (QED) is 0.515. The summed E-state index contributed by atoms with van der Waals surface area (Å²) in [5.41, 5.74) is 4.45. The molecule has 0 spiro atoms. The normalized spacial score (nSPS) is 21.8. The molecule has 0 aromatic heterocycles. The van der Waals surface area contributed by atoms with Gasteiger partial charge in [0.05, 0.1) is 13.6 Å². The fraction of sp³-hybridized carbons (Fsp3) is 0.250. The van der Waals surface area contributed by atoms with Crippen LogP contribution in [0, 0.1) is 0 Å². The van der Waals surface area contributed by atoms with E-state index in [-0.39, 0.29) is 24.0 Å². The number of rotatable bonds is 1. The third kappa shape index (κ3) is 2.45. The summed E-state index contributed by atoms with van der Waals surface area (Å²) in [6.07, 6.45) is 1.18. The van der Waals surface area contributed by atoms with Crippen LogP contribution in [0.1, 0.15) is 11.1 Å². The molecule has 0 N–H and O–H groups in total. The molecule has 0 fully saturated rings. The van der Waals surface area contributed by atoms with E-state index in [4.69, 9.17) is 0 Å². The van der Waals surface area contributed by atoms with Crippen molar-refractivity contribution >= 4 is 5.69 Å². The zero-order chi connectivity index (χ0) is 11.7. The van der Waals surface area contributed by atoms with Crippen molar-refractivity contribution in [1.29, 1.82) is 0 Å². The van der Waals surface area contributed by atoms with Crippen molar-refractivity contribution < 1.29 is 24.0 Å². The maximum Gasteiger partial charge on any atom is 0.132 e. The average Bonchev–Trinajstić information content (AvgIpc) is 2.40. The van der Waals surface area contributed by atoms with Gasteiger partial charge in [0, 0.05) is 12.0 Å². The van der Waals surface area contributed by atoms with Crippen LogP contribution in [0.4, 0.5) is 5.69 Å². The maximum absolute atomic E-state index is 2.34. The summed E-state index contributed by atoms with van der Waals surface area (Å²) >= 11 is 0. The molecule has 0 saturated heterocycles. The van der Waals surface area contributed by atoms with Crippen LogP contribution >= 0.6 is 0 Å². The Morgan fingerprint density at radius 2 is 1.44 bits per heavy atom. The molecule has 1 aliphatic rings. The van der Waals surface area contributed by atoms with E-state index in [2.05, 4.69) is 61.6 Å². The summed E-state index contributed by atoms with van der Waals surface area (Å²) in [4.78, 5) is 0. The second kappa shape index (κ2) is 5.41. The predicted molar refractivity (Wildman–Crippen MR) is 72.9 cm³/mol. The number of nitrogens with zero attached hydrogens (tertiary/aromatic N) is 1. The van der Waals surface area contributed by atoms with Gasteiger partial charge in [0.1, 0.15) is 12.2 Å². The number of quaternary nitrogens is 1. The van der Waals surface area contributed by atoms with Crippen molar-refractivity contribution in [1.82, 2.24) is 4.48 Å². The highest BCUT2D eigenvalue weighted by atomic mass is 127. The lowest BCUT2D eigenvalue weighted by molar-refractivity contribution is -0.00000353. The second-order valence-corrected chi connectivity index (χ2v) is 5.13. The van der Waals surface area contributed by atoms with Gasteiger partial charge in [0.25, 0.3) is 0 Å². The molecule has 1 atom stereocenters. The van der Waals surface area contributed by atoms with E-state index in [9.17, 15) is 0 Å². The maximum atomic E-state index is 2.34. The minimum atomic E-state index is 0. The number of hydrogen-bond donors (Lipinski definition) is 0. The molecule has 1 heterocycles. The summed E-state index contributed by atoms with van der Waals surface area (Å²) in [7, 11) is 2.34. The van der Waals surface area contributed by atoms with Gasteiger partial charge in [0.2, 0.25) is 0 Å². The van der Waals surface area contributed by atoms with Crippen molar-refractivity contribution in [2.75, 3.05) is 13.6 Å². The number of para-hydroxylation sites is 1. The Hall–Kier alpha value is -0.870. The Morgan fingerprint density at radius 1 is 0.833 bits per heavy atom. The van der Waals surface area contributed by atoms with Crippen LogP contribution in [-0.4, -0.2) is 13.6 Å². The Balaban J connectivity index is 0.00000120. The van der Waals surface area contributed by atoms with Gasteiger partial charge < -0.3 is 24.0 Å². The van der Waals surface area contributed by atoms with Crippen LogP contribution in [0.3, 0.4) is 0 Å². The van der Waals surface area contributed by atoms with Crippen LogP contribution < -0.4 is 28.5 Å². The summed E-state index contributed by atoms with van der Waals surface area (Å²) in [6, 6.07) is 19.7. The van der Waals surface area contributed by atoms with Crippen LogP contribution in [0.5, 0.6) is 0 Å². The highest BCUT2D eigenvalue weighted by molar-refractivity contribution is 5.45. The Bertz CT molecular complexity index is 524. The monoisotopic (exact) mass is 351 g/mol. The zero-order valence-electron chi connectivity index (χ0n) is 10.6. The summed E-state index contributed by atoms with van der Waals surface area (Å²) < 4.78 is 1.03. The topological polar surface area (TPSA) is 0 Å². The van der Waals surface area contributed by atoms with E-state index < -0.39 is 0 Å². The highest BCUT2D eigenvalue weighted by Crippen LogP contribution is 2.29. The third-order valence-corrected chi connectivity index (χ3v) is 3.89. The largest absolute Gasteiger partial charge is 1.00 e. The molecule has 0 amide bonds. The molecule has 1 aliphatic heterocycles. The number of halogens is 1. The standard InChI is InChI=1S/C16H18N.HI/c1-17(16-9-3-2-4-10-16)12-11-14-7-5-6-8-15(14)13-17;/h2-10H,11-13H2,1H3;1H/q+1;/p-1. The SMILES string of the molecule is C[N+]1(c2ccccc2)CCc2ccccc2C1.[I-]. The number of likely N-dealkylation sites (N-methyl/N-ethyl adjacent to an activating group) is 1. The molecule has 2 heteroatoms. The summed E-state index contributed by atoms with van der Waals surface area (Å²) in [6.45, 7) is 2.31. The van der Waals surface area contributed by atoms with Crippen molar-refractivity contribution in [3.63, 3.8) is 0 Å². The third-order valence-electron chi connectivity index (χ3n) is 3.89. The van der Waals surface area contributed by atoms with Crippen molar-refractivity contribution in [2.45, 2.75) is 13.0 Å². The first kappa shape index (κ1) is 13.6. The molecule has 94 valence electrons. The van der Waals surface area contributed by atoms with Crippen LogP contribution in [0.25, 0.3) is 0 Å². The van der Waals surface area contributed by atoms with E-state index >= 15 is 0 Å². The zero-order valence-corrected chi connectivity index (χ0v) is 12.8. The molecule has 1 unspecified atom stereocenters. The molecule has 1 nitrogen and oxygen atoms in total. The molecule has 0 bridgehead atoms. The fourth-order valence-electron chi connectivity index (χ4n) is 2.79. The summed E-state index contributed by atoms with van der Waals surface area (Å²) in [5.74, 6) is 0. The van der Waals surface area contributed by atoms with E-state index in [0.717, 1.165) is 11.0 Å². The average molecular weight is 351 g/mol. The second-order valence-electron chi connectivity index (χ2n) is 5.13. The number of hydrogen-bond acceptors (Lipinski definition) is 0. The minimum Gasteiger partial charge on any atom is -1.00 e. The predicted octanol–water partition coefficient (Wildman–Crippen LogP) is 0.384. The Labute approximate surface area is 126 Å². The minimum absolute atomic E-state index is 0. The summed E-state index contributed by atoms with van der Waals surface area (Å²) in [5, 5.41) is 0. The molecular formula is C16H18IN. The molecule has 3 rings (SSSR count). The van der Waals surface area contributed by atoms with Crippen LogP contribution in [0.15, 0.2) is 54.6 Å². The highest BCUT2D eigenvalue weighted by Gasteiger charge is 2.30. The van der Waals surface area contributed by atoms with Crippen molar-refractivity contribution in [2.24, 2.45) is 0 Å². The first-order valence-electron chi connectivity index (χ1n) is 6.25. The van der Waals surface area contributed by atoms with E-state index in [1.807, 2.05) is 0 Å². The fourth-order valence-corrected chi connectivity index (χ4v) is 2.79. The first-order valence-corrected chi connectivity index (χ1v) is 6.25. The van der Waals surface area contributed by atoms with Gasteiger partial charge in [-0.15, -0.1) is 0 Å². The van der Waals surface area contributed by atoms with Crippen LogP contribution in [0.2, 0.25) is 0 Å². The van der Waals surface area contributed by atoms with E-state index in [1.54, 1.807) is 0 Å². The van der Waals surface area contributed by atoms with Crippen LogP contribution in [-0.2, 0) is 13.0 Å². The molecule has 2 aromatic carbocycles. The van der Waals surface area contributed by atoms with Gasteiger partial charge in [-0.1, -0.05) is 42.5 Å². The lowest BCUT2D eigenvalue weighted by atomic mass is 9.97.